The first-order valence-electron chi connectivity index (χ1n) is 4.64. The molecule has 14 heavy (non-hydrogen) atoms. The summed E-state index contributed by atoms with van der Waals surface area (Å²) in [6, 6.07) is 8.33. The molecule has 0 aliphatic rings. The molecule has 1 rings (SSSR count). The van der Waals surface area contributed by atoms with Crippen LogP contribution in [0.15, 0.2) is 28.7 Å². The quantitative estimate of drug-likeness (QED) is 0.823. The van der Waals surface area contributed by atoms with Gasteiger partial charge in [0.2, 0.25) is 0 Å². The fourth-order valence-corrected chi connectivity index (χ4v) is 1.30. The molecule has 78 valence electrons. The summed E-state index contributed by atoms with van der Waals surface area (Å²) in [5.41, 5.74) is 0. The third-order valence-electron chi connectivity index (χ3n) is 2.17. The normalized spacial score (nSPS) is 12.9. The summed E-state index contributed by atoms with van der Waals surface area (Å²) >= 11 is 3.41. The third kappa shape index (κ3) is 3.68. The maximum atomic E-state index is 5.64. The summed E-state index contributed by atoms with van der Waals surface area (Å²) in [5, 5.41) is 0. The first-order chi connectivity index (χ1) is 6.59. The summed E-state index contributed by atoms with van der Waals surface area (Å²) < 4.78 is 6.69. The average Bonchev–Trinajstić information content (AvgIpc) is 2.14. The summed E-state index contributed by atoms with van der Waals surface area (Å²) in [6.45, 7) is 2.85. The van der Waals surface area contributed by atoms with Crippen molar-refractivity contribution < 1.29 is 4.74 Å². The zero-order chi connectivity index (χ0) is 10.6. The Labute approximate surface area is 94.0 Å². The summed E-state index contributed by atoms with van der Waals surface area (Å²) in [4.78, 5) is 2.14. The van der Waals surface area contributed by atoms with Gasteiger partial charge in [-0.25, -0.2) is 0 Å². The number of rotatable bonds is 4. The van der Waals surface area contributed by atoms with E-state index >= 15 is 0 Å². The van der Waals surface area contributed by atoms with Crippen LogP contribution in [0.4, 0.5) is 0 Å². The van der Waals surface area contributed by atoms with E-state index in [0.29, 0.717) is 12.6 Å². The average molecular weight is 258 g/mol. The lowest BCUT2D eigenvalue weighted by Crippen LogP contribution is -2.30. The smallest absolute Gasteiger partial charge is 0.120 e. The molecule has 0 bridgehead atoms. The van der Waals surface area contributed by atoms with E-state index < -0.39 is 0 Å². The molecule has 0 heterocycles. The van der Waals surface area contributed by atoms with Crippen molar-refractivity contribution in [1.82, 2.24) is 4.90 Å². The van der Waals surface area contributed by atoms with Crippen LogP contribution < -0.4 is 4.74 Å². The molecule has 1 aromatic rings. The number of hydrogen-bond acceptors (Lipinski definition) is 2. The van der Waals surface area contributed by atoms with Gasteiger partial charge in [-0.15, -0.1) is 0 Å². The molecular weight excluding hydrogens is 242 g/mol. The lowest BCUT2D eigenvalue weighted by atomic mass is 10.3. The van der Waals surface area contributed by atoms with Crippen molar-refractivity contribution in [1.29, 1.82) is 0 Å². The Bertz CT molecular complexity index is 288. The highest BCUT2D eigenvalue weighted by Gasteiger charge is 2.04. The summed E-state index contributed by atoms with van der Waals surface area (Å²) in [6.07, 6.45) is 0. The molecule has 0 saturated heterocycles. The number of ether oxygens (including phenoxy) is 1. The standard InChI is InChI=1S/C11H16BrNO/c1-9(13(2)3)8-14-11-6-4-5-10(12)7-11/h4-7,9H,8H2,1-3H3. The molecule has 0 aliphatic heterocycles. The SMILES string of the molecule is CC(COc1cccc(Br)c1)N(C)C. The van der Waals surface area contributed by atoms with Crippen LogP contribution in [0.3, 0.4) is 0 Å². The van der Waals surface area contributed by atoms with Gasteiger partial charge in [0.1, 0.15) is 12.4 Å². The highest BCUT2D eigenvalue weighted by atomic mass is 79.9. The van der Waals surface area contributed by atoms with Gasteiger partial charge >= 0.3 is 0 Å². The number of likely N-dealkylation sites (N-methyl/N-ethyl adjacent to an activating group) is 1. The maximum absolute atomic E-state index is 5.64. The predicted octanol–water partition coefficient (Wildman–Crippen LogP) is 2.78. The number of hydrogen-bond donors (Lipinski definition) is 0. The fraction of sp³-hybridized carbons (Fsp3) is 0.455. The molecular formula is C11H16BrNO. The van der Waals surface area contributed by atoms with E-state index in [1.807, 2.05) is 24.3 Å². The van der Waals surface area contributed by atoms with Crippen LogP contribution in [0.1, 0.15) is 6.92 Å². The third-order valence-corrected chi connectivity index (χ3v) is 2.66. The van der Waals surface area contributed by atoms with Crippen molar-refractivity contribution in [3.8, 4) is 5.75 Å². The highest BCUT2D eigenvalue weighted by Crippen LogP contribution is 2.17. The molecule has 0 aliphatic carbocycles. The van der Waals surface area contributed by atoms with Gasteiger partial charge in [-0.05, 0) is 39.2 Å². The minimum absolute atomic E-state index is 0.425. The Balaban J connectivity index is 2.45. The van der Waals surface area contributed by atoms with E-state index in [1.54, 1.807) is 0 Å². The Kier molecular flexibility index (Phi) is 4.42. The largest absolute Gasteiger partial charge is 0.492 e. The van der Waals surface area contributed by atoms with Crippen LogP contribution in [-0.4, -0.2) is 31.6 Å². The molecule has 1 unspecified atom stereocenters. The topological polar surface area (TPSA) is 12.5 Å². The minimum Gasteiger partial charge on any atom is -0.492 e. The van der Waals surface area contributed by atoms with Gasteiger partial charge < -0.3 is 9.64 Å². The molecule has 0 spiro atoms. The first kappa shape index (κ1) is 11.5. The first-order valence-corrected chi connectivity index (χ1v) is 5.43. The van der Waals surface area contributed by atoms with Crippen LogP contribution in [0.2, 0.25) is 0 Å². The zero-order valence-corrected chi connectivity index (χ0v) is 10.4. The van der Waals surface area contributed by atoms with Gasteiger partial charge in [0.15, 0.2) is 0 Å². The molecule has 1 aromatic carbocycles. The van der Waals surface area contributed by atoms with E-state index in [9.17, 15) is 0 Å². The van der Waals surface area contributed by atoms with Crippen molar-refractivity contribution in [2.45, 2.75) is 13.0 Å². The van der Waals surface area contributed by atoms with Gasteiger partial charge in [0.05, 0.1) is 0 Å². The summed E-state index contributed by atoms with van der Waals surface area (Å²) in [5.74, 6) is 0.910. The monoisotopic (exact) mass is 257 g/mol. The molecule has 0 fully saturated rings. The second-order valence-electron chi connectivity index (χ2n) is 3.58. The van der Waals surface area contributed by atoms with Crippen molar-refractivity contribution in [2.24, 2.45) is 0 Å². The Hall–Kier alpha value is -0.540. The molecule has 0 aromatic heterocycles. The van der Waals surface area contributed by atoms with Crippen LogP contribution in [0.5, 0.6) is 5.75 Å². The van der Waals surface area contributed by atoms with E-state index in [0.717, 1.165) is 10.2 Å². The van der Waals surface area contributed by atoms with Gasteiger partial charge in [-0.3, -0.25) is 0 Å². The Morgan fingerprint density at radius 1 is 1.43 bits per heavy atom. The Morgan fingerprint density at radius 2 is 2.14 bits per heavy atom. The highest BCUT2D eigenvalue weighted by molar-refractivity contribution is 9.10. The minimum atomic E-state index is 0.425. The molecule has 0 N–H and O–H groups in total. The molecule has 0 saturated carbocycles. The fourth-order valence-electron chi connectivity index (χ4n) is 0.923. The van der Waals surface area contributed by atoms with Gasteiger partial charge in [-0.2, -0.15) is 0 Å². The lowest BCUT2D eigenvalue weighted by molar-refractivity contribution is 0.198. The van der Waals surface area contributed by atoms with Crippen LogP contribution >= 0.6 is 15.9 Å². The van der Waals surface area contributed by atoms with E-state index in [1.165, 1.54) is 0 Å². The van der Waals surface area contributed by atoms with E-state index in [2.05, 4.69) is 41.8 Å². The zero-order valence-electron chi connectivity index (χ0n) is 8.83. The predicted molar refractivity (Wildman–Crippen MR) is 62.8 cm³/mol. The molecule has 0 radical (unpaired) electrons. The van der Waals surface area contributed by atoms with Gasteiger partial charge in [-0.1, -0.05) is 22.0 Å². The number of benzene rings is 1. The van der Waals surface area contributed by atoms with Crippen molar-refractivity contribution in [3.63, 3.8) is 0 Å². The maximum Gasteiger partial charge on any atom is 0.120 e. The molecule has 2 nitrogen and oxygen atoms in total. The van der Waals surface area contributed by atoms with Crippen LogP contribution in [0, 0.1) is 0 Å². The van der Waals surface area contributed by atoms with Crippen molar-refractivity contribution >= 4 is 15.9 Å². The second-order valence-corrected chi connectivity index (χ2v) is 4.50. The van der Waals surface area contributed by atoms with Gasteiger partial charge in [0.25, 0.3) is 0 Å². The van der Waals surface area contributed by atoms with Crippen molar-refractivity contribution in [3.05, 3.63) is 28.7 Å². The van der Waals surface area contributed by atoms with E-state index in [-0.39, 0.29) is 0 Å². The number of nitrogens with zero attached hydrogens (tertiary/aromatic N) is 1. The second kappa shape index (κ2) is 5.37. The van der Waals surface area contributed by atoms with Crippen LogP contribution in [0.25, 0.3) is 0 Å². The van der Waals surface area contributed by atoms with E-state index in [4.69, 9.17) is 4.74 Å². The number of halogens is 1. The van der Waals surface area contributed by atoms with Crippen LogP contribution in [-0.2, 0) is 0 Å². The van der Waals surface area contributed by atoms with Gasteiger partial charge in [0, 0.05) is 10.5 Å². The summed E-state index contributed by atoms with van der Waals surface area (Å²) in [7, 11) is 4.10. The lowest BCUT2D eigenvalue weighted by Gasteiger charge is -2.19. The Morgan fingerprint density at radius 3 is 2.71 bits per heavy atom. The molecule has 0 amide bonds. The van der Waals surface area contributed by atoms with Crippen molar-refractivity contribution in [2.75, 3.05) is 20.7 Å². The molecule has 1 atom stereocenters. The molecule has 3 heteroatoms.